The van der Waals surface area contributed by atoms with Crippen LogP contribution in [0, 0.1) is 11.6 Å². The molecule has 2 N–H and O–H groups in total. The summed E-state index contributed by atoms with van der Waals surface area (Å²) in [5.41, 5.74) is 5.63. The topological polar surface area (TPSA) is 39.2 Å². The Kier molecular flexibility index (Phi) is 2.51. The molecule has 0 saturated heterocycles. The van der Waals surface area contributed by atoms with E-state index >= 15 is 0 Å². The minimum Gasteiger partial charge on any atom is -0.461 e. The number of hydrogen-bond acceptors (Lipinski definition) is 2. The quantitative estimate of drug-likeness (QED) is 0.825. The van der Waals surface area contributed by atoms with E-state index in [9.17, 15) is 8.78 Å². The molecule has 78 valence electrons. The van der Waals surface area contributed by atoms with Gasteiger partial charge in [-0.15, -0.1) is 0 Å². The first-order valence-electron chi connectivity index (χ1n) is 4.46. The van der Waals surface area contributed by atoms with Gasteiger partial charge in [0, 0.05) is 23.6 Å². The van der Waals surface area contributed by atoms with Gasteiger partial charge in [-0.3, -0.25) is 0 Å². The van der Waals surface area contributed by atoms with Crippen molar-refractivity contribution in [2.24, 2.45) is 5.73 Å². The summed E-state index contributed by atoms with van der Waals surface area (Å²) in [4.78, 5) is 0. The fourth-order valence-corrected chi connectivity index (χ4v) is 1.44. The predicted molar refractivity (Wildman–Crippen MR) is 54.2 cm³/mol. The molecule has 0 bridgehead atoms. The van der Waals surface area contributed by atoms with E-state index in [0.29, 0.717) is 17.5 Å². The highest BCUT2D eigenvalue weighted by molar-refractivity contribution is 5.87. The molecule has 0 aliphatic rings. The molecule has 15 heavy (non-hydrogen) atoms. The summed E-state index contributed by atoms with van der Waals surface area (Å²) in [5, 5.41) is 0.414. The van der Waals surface area contributed by atoms with E-state index in [-0.39, 0.29) is 5.58 Å². The third-order valence-corrected chi connectivity index (χ3v) is 2.10. The Balaban J connectivity index is 2.71. The molecule has 0 saturated carbocycles. The van der Waals surface area contributed by atoms with Crippen molar-refractivity contribution in [3.05, 3.63) is 41.7 Å². The monoisotopic (exact) mass is 209 g/mol. The van der Waals surface area contributed by atoms with Crippen molar-refractivity contribution in [2.45, 2.75) is 0 Å². The average Bonchev–Trinajstić information content (AvgIpc) is 2.66. The van der Waals surface area contributed by atoms with Crippen molar-refractivity contribution in [2.75, 3.05) is 6.54 Å². The molecule has 2 aromatic rings. The summed E-state index contributed by atoms with van der Waals surface area (Å²) in [7, 11) is 0. The first-order valence-corrected chi connectivity index (χ1v) is 4.46. The van der Waals surface area contributed by atoms with Gasteiger partial charge >= 0.3 is 0 Å². The lowest BCUT2D eigenvalue weighted by atomic mass is 10.1. The van der Waals surface area contributed by atoms with E-state index in [4.69, 9.17) is 10.2 Å². The van der Waals surface area contributed by atoms with Crippen molar-refractivity contribution in [1.82, 2.24) is 0 Å². The van der Waals surface area contributed by atoms with Crippen LogP contribution < -0.4 is 5.73 Å². The highest BCUT2D eigenvalue weighted by atomic mass is 19.1. The summed E-state index contributed by atoms with van der Waals surface area (Å²) in [6.07, 6.45) is 4.45. The molecule has 1 aromatic heterocycles. The minimum atomic E-state index is -0.697. The molecule has 0 unspecified atom stereocenters. The number of fused-ring (bicyclic) bond motifs is 1. The lowest BCUT2D eigenvalue weighted by molar-refractivity contribution is 0.546. The van der Waals surface area contributed by atoms with Gasteiger partial charge in [-0.25, -0.2) is 8.78 Å². The van der Waals surface area contributed by atoms with Gasteiger partial charge in [-0.05, 0) is 6.07 Å². The van der Waals surface area contributed by atoms with E-state index in [1.165, 1.54) is 18.4 Å². The van der Waals surface area contributed by atoms with E-state index in [2.05, 4.69) is 0 Å². The van der Waals surface area contributed by atoms with Crippen LogP contribution in [-0.4, -0.2) is 6.54 Å². The highest BCUT2D eigenvalue weighted by Gasteiger charge is 2.12. The van der Waals surface area contributed by atoms with Crippen LogP contribution in [0.2, 0.25) is 0 Å². The summed E-state index contributed by atoms with van der Waals surface area (Å²) in [6, 6.07) is 2.33. The Hall–Kier alpha value is -1.68. The highest BCUT2D eigenvalue weighted by Crippen LogP contribution is 2.26. The van der Waals surface area contributed by atoms with Crippen LogP contribution in [0.4, 0.5) is 8.78 Å². The molecule has 2 rings (SSSR count). The number of nitrogens with two attached hydrogens (primary N) is 1. The van der Waals surface area contributed by atoms with Gasteiger partial charge < -0.3 is 10.2 Å². The van der Waals surface area contributed by atoms with Crippen LogP contribution >= 0.6 is 0 Å². The molecular weight excluding hydrogens is 200 g/mol. The third kappa shape index (κ3) is 1.64. The summed E-state index contributed by atoms with van der Waals surface area (Å²) in [6.45, 7) is 0.302. The fraction of sp³-hybridized carbons (Fsp3) is 0.0909. The van der Waals surface area contributed by atoms with Gasteiger partial charge in [0.05, 0.1) is 6.26 Å². The molecule has 1 aromatic carbocycles. The summed E-state index contributed by atoms with van der Waals surface area (Å²) in [5.74, 6) is -1.32. The van der Waals surface area contributed by atoms with Gasteiger partial charge in [0.2, 0.25) is 0 Å². The van der Waals surface area contributed by atoms with Gasteiger partial charge in [-0.2, -0.15) is 0 Å². The first kappa shape index (κ1) is 9.86. The van der Waals surface area contributed by atoms with E-state index < -0.39 is 11.6 Å². The Morgan fingerprint density at radius 2 is 2.13 bits per heavy atom. The Bertz CT molecular complexity index is 517. The molecular formula is C11H9F2NO. The molecule has 0 atom stereocenters. The van der Waals surface area contributed by atoms with Gasteiger partial charge in [0.25, 0.3) is 0 Å². The molecule has 4 heteroatoms. The number of furan rings is 1. The van der Waals surface area contributed by atoms with E-state index in [0.717, 1.165) is 6.07 Å². The number of hydrogen-bond donors (Lipinski definition) is 1. The maximum Gasteiger partial charge on any atom is 0.170 e. The smallest absolute Gasteiger partial charge is 0.170 e. The molecule has 2 nitrogen and oxygen atoms in total. The second-order valence-electron chi connectivity index (χ2n) is 3.06. The first-order chi connectivity index (χ1) is 7.24. The zero-order valence-corrected chi connectivity index (χ0v) is 7.84. The van der Waals surface area contributed by atoms with Crippen molar-refractivity contribution in [1.29, 1.82) is 0 Å². The Morgan fingerprint density at radius 1 is 1.33 bits per heavy atom. The standard InChI is InChI=1S/C11H9F2NO/c12-9-6-10(13)11-8(3-5-15-11)7(9)2-1-4-14/h1-3,5-6H,4,14H2/b2-1+. The zero-order valence-electron chi connectivity index (χ0n) is 7.84. The maximum atomic E-state index is 13.4. The molecule has 0 amide bonds. The van der Waals surface area contributed by atoms with Crippen LogP contribution in [0.15, 0.2) is 28.9 Å². The van der Waals surface area contributed by atoms with E-state index in [1.54, 1.807) is 6.08 Å². The van der Waals surface area contributed by atoms with Gasteiger partial charge in [0.1, 0.15) is 5.82 Å². The normalized spacial score (nSPS) is 11.7. The van der Waals surface area contributed by atoms with Gasteiger partial charge in [0.15, 0.2) is 11.4 Å². The van der Waals surface area contributed by atoms with Crippen LogP contribution in [0.25, 0.3) is 17.0 Å². The third-order valence-electron chi connectivity index (χ3n) is 2.10. The van der Waals surface area contributed by atoms with Crippen LogP contribution in [0.3, 0.4) is 0 Å². The maximum absolute atomic E-state index is 13.4. The molecule has 0 radical (unpaired) electrons. The average molecular weight is 209 g/mol. The van der Waals surface area contributed by atoms with Crippen LogP contribution in [0.5, 0.6) is 0 Å². The molecule has 1 heterocycles. The Morgan fingerprint density at radius 3 is 2.87 bits per heavy atom. The summed E-state index contributed by atoms with van der Waals surface area (Å²) < 4.78 is 31.5. The molecule has 0 fully saturated rings. The number of halogens is 2. The van der Waals surface area contributed by atoms with Crippen LogP contribution in [0.1, 0.15) is 5.56 Å². The minimum absolute atomic E-state index is 0.0630. The SMILES string of the molecule is NC/C=C/c1c(F)cc(F)c2occc12. The van der Waals surface area contributed by atoms with Gasteiger partial charge in [-0.1, -0.05) is 12.2 Å². The lowest BCUT2D eigenvalue weighted by Gasteiger charge is -1.99. The van der Waals surface area contributed by atoms with Crippen molar-refractivity contribution in [3.8, 4) is 0 Å². The molecule has 0 aliphatic heterocycles. The summed E-state index contributed by atoms with van der Waals surface area (Å²) >= 11 is 0. The number of benzene rings is 1. The molecule has 0 aliphatic carbocycles. The largest absolute Gasteiger partial charge is 0.461 e. The van der Waals surface area contributed by atoms with Crippen molar-refractivity contribution in [3.63, 3.8) is 0 Å². The van der Waals surface area contributed by atoms with Crippen LogP contribution in [-0.2, 0) is 0 Å². The Labute approximate surface area is 85.0 Å². The fourth-order valence-electron chi connectivity index (χ4n) is 1.44. The van der Waals surface area contributed by atoms with Crippen molar-refractivity contribution >= 4 is 17.0 Å². The molecule has 0 spiro atoms. The number of rotatable bonds is 2. The second kappa shape index (κ2) is 3.82. The lowest BCUT2D eigenvalue weighted by Crippen LogP contribution is -1.93. The zero-order chi connectivity index (χ0) is 10.8. The van der Waals surface area contributed by atoms with Crippen molar-refractivity contribution < 1.29 is 13.2 Å². The second-order valence-corrected chi connectivity index (χ2v) is 3.06. The predicted octanol–water partition coefficient (Wildman–Crippen LogP) is 2.68. The van der Waals surface area contributed by atoms with E-state index in [1.807, 2.05) is 0 Å².